The highest BCUT2D eigenvalue weighted by Gasteiger charge is 2.35. The van der Waals surface area contributed by atoms with E-state index in [9.17, 15) is 25.0 Å². The highest BCUT2D eigenvalue weighted by atomic mass is 16.6. The summed E-state index contributed by atoms with van der Waals surface area (Å²) < 4.78 is 4.82. The van der Waals surface area contributed by atoms with Crippen LogP contribution >= 0.6 is 0 Å². The summed E-state index contributed by atoms with van der Waals surface area (Å²) in [6.07, 6.45) is 2.83. The van der Waals surface area contributed by atoms with Gasteiger partial charge in [-0.3, -0.25) is 14.9 Å². The fraction of sp³-hybridized carbons (Fsp3) is 0.400. The molecule has 0 heterocycles. The van der Waals surface area contributed by atoms with E-state index in [0.29, 0.717) is 12.8 Å². The number of amides is 1. The first-order chi connectivity index (χ1) is 11.0. The average Bonchev–Trinajstić information content (AvgIpc) is 3.01. The van der Waals surface area contributed by atoms with Crippen molar-refractivity contribution in [1.29, 1.82) is 5.26 Å². The van der Waals surface area contributed by atoms with Gasteiger partial charge >= 0.3 is 5.97 Å². The molecule has 0 bridgehead atoms. The lowest BCUT2D eigenvalue weighted by Crippen LogP contribution is -2.46. The maximum absolute atomic E-state index is 11.9. The molecule has 1 saturated carbocycles. The number of para-hydroxylation sites is 1. The molecule has 0 aliphatic heterocycles. The number of benzene rings is 1. The second-order valence-electron chi connectivity index (χ2n) is 5.30. The molecule has 23 heavy (non-hydrogen) atoms. The van der Waals surface area contributed by atoms with Crippen molar-refractivity contribution in [2.75, 3.05) is 6.61 Å². The van der Waals surface area contributed by atoms with Crippen LogP contribution in [0.5, 0.6) is 0 Å². The van der Waals surface area contributed by atoms with Crippen LogP contribution in [0.15, 0.2) is 24.3 Å². The highest BCUT2D eigenvalue weighted by Crippen LogP contribution is 2.28. The molecule has 0 atom stereocenters. The molecule has 1 amide bonds. The normalized spacial score (nSPS) is 15.4. The lowest BCUT2D eigenvalue weighted by atomic mass is 10.00. The number of ether oxygens (including phenoxy) is 1. The van der Waals surface area contributed by atoms with E-state index >= 15 is 0 Å². The Hall–Kier alpha value is -2.95. The molecular weight excluding hydrogens is 302 g/mol. The third kappa shape index (κ3) is 3.83. The monoisotopic (exact) mass is 317 g/mol. The van der Waals surface area contributed by atoms with E-state index < -0.39 is 28.9 Å². The quantitative estimate of drug-likeness (QED) is 0.501. The Morgan fingerprint density at radius 2 is 2.00 bits per heavy atom. The summed E-state index contributed by atoms with van der Waals surface area (Å²) in [7, 11) is 0. The van der Waals surface area contributed by atoms with Crippen molar-refractivity contribution < 1.29 is 19.2 Å². The van der Waals surface area contributed by atoms with Gasteiger partial charge < -0.3 is 10.1 Å². The number of carbonyl (C=O) groups is 2. The minimum Gasteiger partial charge on any atom is -0.452 e. The zero-order chi connectivity index (χ0) is 16.9. The van der Waals surface area contributed by atoms with E-state index in [1.165, 1.54) is 24.3 Å². The van der Waals surface area contributed by atoms with Gasteiger partial charge in [-0.15, -0.1) is 0 Å². The molecule has 0 radical (unpaired) electrons. The number of carbonyl (C=O) groups excluding carboxylic acids is 2. The molecule has 0 aromatic heterocycles. The van der Waals surface area contributed by atoms with E-state index in [1.807, 2.05) is 0 Å². The van der Waals surface area contributed by atoms with Crippen LogP contribution in [0.2, 0.25) is 0 Å². The molecule has 0 saturated heterocycles. The first-order valence-electron chi connectivity index (χ1n) is 7.10. The molecule has 8 nitrogen and oxygen atoms in total. The number of nitriles is 1. The molecule has 1 aliphatic carbocycles. The van der Waals surface area contributed by atoms with E-state index in [1.54, 1.807) is 0 Å². The fourth-order valence-corrected chi connectivity index (χ4v) is 2.56. The Morgan fingerprint density at radius 1 is 1.35 bits per heavy atom. The Labute approximate surface area is 132 Å². The zero-order valence-electron chi connectivity index (χ0n) is 12.3. The van der Waals surface area contributed by atoms with Crippen molar-refractivity contribution in [3.63, 3.8) is 0 Å². The summed E-state index contributed by atoms with van der Waals surface area (Å²) in [5.74, 6) is -1.55. The summed E-state index contributed by atoms with van der Waals surface area (Å²) in [5, 5.41) is 22.6. The number of nitro groups is 1. The van der Waals surface area contributed by atoms with Crippen molar-refractivity contribution in [3.8, 4) is 6.07 Å². The fourth-order valence-electron chi connectivity index (χ4n) is 2.56. The van der Waals surface area contributed by atoms with Crippen molar-refractivity contribution in [3.05, 3.63) is 39.9 Å². The van der Waals surface area contributed by atoms with Gasteiger partial charge in [0.05, 0.1) is 11.0 Å². The van der Waals surface area contributed by atoms with Crippen molar-refractivity contribution in [1.82, 2.24) is 5.32 Å². The number of esters is 1. The topological polar surface area (TPSA) is 122 Å². The van der Waals surface area contributed by atoms with E-state index in [0.717, 1.165) is 12.8 Å². The predicted molar refractivity (Wildman–Crippen MR) is 78.3 cm³/mol. The van der Waals surface area contributed by atoms with Gasteiger partial charge in [0.1, 0.15) is 11.1 Å². The van der Waals surface area contributed by atoms with Gasteiger partial charge in [-0.05, 0) is 31.7 Å². The van der Waals surface area contributed by atoms with Crippen LogP contribution in [0.3, 0.4) is 0 Å². The predicted octanol–water partition coefficient (Wildman–Crippen LogP) is 1.70. The largest absolute Gasteiger partial charge is 0.452 e. The molecule has 2 rings (SSSR count). The Balaban J connectivity index is 1.96. The van der Waals surface area contributed by atoms with E-state index in [-0.39, 0.29) is 11.3 Å². The van der Waals surface area contributed by atoms with Crippen LogP contribution in [0.4, 0.5) is 5.69 Å². The molecule has 1 aliphatic rings. The molecular formula is C15H15N3O5. The molecule has 1 aromatic carbocycles. The van der Waals surface area contributed by atoms with Gasteiger partial charge in [-0.25, -0.2) is 4.79 Å². The number of hydrogen-bond donors (Lipinski definition) is 1. The van der Waals surface area contributed by atoms with Crippen LogP contribution in [-0.2, 0) is 9.53 Å². The van der Waals surface area contributed by atoms with Crippen molar-refractivity contribution >= 4 is 17.6 Å². The van der Waals surface area contributed by atoms with Gasteiger partial charge in [-0.2, -0.15) is 5.26 Å². The van der Waals surface area contributed by atoms with Crippen molar-refractivity contribution in [2.45, 2.75) is 31.2 Å². The smallest absolute Gasteiger partial charge is 0.345 e. The number of nitro benzene ring substituents is 1. The summed E-state index contributed by atoms with van der Waals surface area (Å²) in [4.78, 5) is 33.9. The van der Waals surface area contributed by atoms with Crippen molar-refractivity contribution in [2.24, 2.45) is 0 Å². The number of rotatable bonds is 5. The van der Waals surface area contributed by atoms with Crippen LogP contribution in [-0.4, -0.2) is 28.9 Å². The highest BCUT2D eigenvalue weighted by molar-refractivity contribution is 5.95. The molecule has 8 heteroatoms. The lowest BCUT2D eigenvalue weighted by Gasteiger charge is -2.21. The summed E-state index contributed by atoms with van der Waals surface area (Å²) in [6.45, 7) is -0.589. The van der Waals surface area contributed by atoms with Gasteiger partial charge in [-0.1, -0.05) is 12.1 Å². The molecule has 1 aromatic rings. The van der Waals surface area contributed by atoms with E-state index in [2.05, 4.69) is 11.4 Å². The third-order valence-corrected chi connectivity index (χ3v) is 3.70. The molecule has 1 fully saturated rings. The van der Waals surface area contributed by atoms with Crippen LogP contribution in [0.1, 0.15) is 36.0 Å². The van der Waals surface area contributed by atoms with Crippen LogP contribution < -0.4 is 5.32 Å². The Bertz CT molecular complexity index is 674. The van der Waals surface area contributed by atoms with Crippen LogP contribution in [0, 0.1) is 21.4 Å². The SMILES string of the molecule is N#CC1(NC(=O)COC(=O)c2ccccc2[N+](=O)[O-])CCCC1. The number of nitrogens with one attached hydrogen (secondary N) is 1. The Morgan fingerprint density at radius 3 is 2.61 bits per heavy atom. The maximum Gasteiger partial charge on any atom is 0.345 e. The molecule has 1 N–H and O–H groups in total. The number of hydrogen-bond acceptors (Lipinski definition) is 6. The minimum absolute atomic E-state index is 0.221. The summed E-state index contributed by atoms with van der Waals surface area (Å²) >= 11 is 0. The summed E-state index contributed by atoms with van der Waals surface area (Å²) in [6, 6.07) is 7.42. The van der Waals surface area contributed by atoms with Gasteiger partial charge in [0.25, 0.3) is 11.6 Å². The second-order valence-corrected chi connectivity index (χ2v) is 5.30. The standard InChI is InChI=1S/C15H15N3O5/c16-10-15(7-3-4-8-15)17-13(19)9-23-14(20)11-5-1-2-6-12(11)18(21)22/h1-2,5-6H,3-4,7-9H2,(H,17,19). The number of nitrogens with zero attached hydrogens (tertiary/aromatic N) is 2. The maximum atomic E-state index is 11.9. The zero-order valence-corrected chi connectivity index (χ0v) is 12.3. The van der Waals surface area contributed by atoms with E-state index in [4.69, 9.17) is 4.74 Å². The first-order valence-corrected chi connectivity index (χ1v) is 7.10. The average molecular weight is 317 g/mol. The van der Waals surface area contributed by atoms with Crippen LogP contribution in [0.25, 0.3) is 0 Å². The van der Waals surface area contributed by atoms with Gasteiger partial charge in [0.15, 0.2) is 6.61 Å². The lowest BCUT2D eigenvalue weighted by molar-refractivity contribution is -0.385. The Kier molecular flexibility index (Phi) is 4.91. The molecule has 0 unspecified atom stereocenters. The molecule has 0 spiro atoms. The molecule has 120 valence electrons. The van der Waals surface area contributed by atoms with Gasteiger partial charge in [0.2, 0.25) is 0 Å². The second kappa shape index (κ2) is 6.87. The summed E-state index contributed by atoms with van der Waals surface area (Å²) in [5.41, 5.74) is -1.51. The minimum atomic E-state index is -0.954. The first kappa shape index (κ1) is 16.4. The third-order valence-electron chi connectivity index (χ3n) is 3.70. The van der Waals surface area contributed by atoms with Gasteiger partial charge in [0, 0.05) is 6.07 Å².